The summed E-state index contributed by atoms with van der Waals surface area (Å²) in [6.45, 7) is 5.75. The zero-order valence-electron chi connectivity index (χ0n) is 21.1. The molecular weight excluding hydrogens is 516 g/mol. The van der Waals surface area contributed by atoms with Crippen molar-refractivity contribution in [1.29, 1.82) is 0 Å². The van der Waals surface area contributed by atoms with Crippen molar-refractivity contribution in [1.82, 2.24) is 10.6 Å². The Balaban J connectivity index is 1.73. The van der Waals surface area contributed by atoms with Gasteiger partial charge in [0.1, 0.15) is 11.2 Å². The van der Waals surface area contributed by atoms with Crippen LogP contribution in [0.4, 0.5) is 10.1 Å². The first-order valence-corrected chi connectivity index (χ1v) is 13.6. The maximum absolute atomic E-state index is 15.8. The van der Waals surface area contributed by atoms with E-state index in [0.717, 1.165) is 6.42 Å². The van der Waals surface area contributed by atoms with Gasteiger partial charge in [0.2, 0.25) is 11.8 Å². The average Bonchev–Trinajstić information content (AvgIpc) is 3.28. The van der Waals surface area contributed by atoms with Crippen molar-refractivity contribution in [2.45, 2.75) is 87.4 Å². The van der Waals surface area contributed by atoms with Gasteiger partial charge in [-0.15, -0.1) is 0 Å². The third-order valence-corrected chi connectivity index (χ3v) is 9.12. The van der Waals surface area contributed by atoms with E-state index >= 15 is 4.39 Å². The molecule has 4 atom stereocenters. The normalized spacial score (nSPS) is 34.2. The molecule has 1 spiro atoms. The van der Waals surface area contributed by atoms with Crippen LogP contribution in [0, 0.1) is 5.82 Å². The minimum Gasteiger partial charge on any atom is -0.390 e. The average molecular weight is 548 g/mol. The van der Waals surface area contributed by atoms with Gasteiger partial charge in [-0.2, -0.15) is 0 Å². The van der Waals surface area contributed by atoms with Crippen molar-refractivity contribution in [3.8, 4) is 0 Å². The Hall–Kier alpha value is -2.19. The lowest BCUT2D eigenvalue weighted by Crippen LogP contribution is -2.59. The van der Waals surface area contributed by atoms with E-state index in [9.17, 15) is 14.7 Å². The number of rotatable bonds is 6. The van der Waals surface area contributed by atoms with Crippen molar-refractivity contribution >= 4 is 40.7 Å². The van der Waals surface area contributed by atoms with Crippen LogP contribution in [0.25, 0.3) is 0 Å². The number of carbonyl (C=O) groups excluding carboxylic acids is 2. The Bertz CT molecular complexity index is 1260. The minimum atomic E-state index is -1.30. The number of halogens is 3. The predicted molar refractivity (Wildman–Crippen MR) is 143 cm³/mol. The molecule has 5 rings (SSSR count). The van der Waals surface area contributed by atoms with Crippen LogP contribution < -0.4 is 16.0 Å². The summed E-state index contributed by atoms with van der Waals surface area (Å²) >= 11 is 12.5. The molecule has 2 heterocycles. The molecule has 2 aromatic carbocycles. The second-order valence-electron chi connectivity index (χ2n) is 11.0. The highest BCUT2D eigenvalue weighted by Gasteiger charge is 2.71. The van der Waals surface area contributed by atoms with Crippen LogP contribution in [0.15, 0.2) is 36.4 Å². The summed E-state index contributed by atoms with van der Waals surface area (Å²) in [5, 5.41) is 20.2. The van der Waals surface area contributed by atoms with Crippen LogP contribution in [-0.2, 0) is 15.0 Å². The molecule has 2 aromatic rings. The van der Waals surface area contributed by atoms with E-state index in [2.05, 4.69) is 16.0 Å². The van der Waals surface area contributed by atoms with E-state index in [1.165, 1.54) is 6.07 Å². The molecule has 1 saturated carbocycles. The van der Waals surface area contributed by atoms with Crippen LogP contribution >= 0.6 is 23.2 Å². The van der Waals surface area contributed by atoms with Crippen LogP contribution in [-0.4, -0.2) is 40.1 Å². The first kappa shape index (κ1) is 26.4. The minimum absolute atomic E-state index is 0.0685. The summed E-state index contributed by atoms with van der Waals surface area (Å²) in [5.41, 5.74) is -1.49. The zero-order chi connectivity index (χ0) is 26.8. The van der Waals surface area contributed by atoms with Gasteiger partial charge in [-0.05, 0) is 61.9 Å². The van der Waals surface area contributed by atoms with Crippen LogP contribution in [0.5, 0.6) is 0 Å². The summed E-state index contributed by atoms with van der Waals surface area (Å²) < 4.78 is 15.8. The van der Waals surface area contributed by atoms with Crippen molar-refractivity contribution < 1.29 is 19.1 Å². The van der Waals surface area contributed by atoms with Gasteiger partial charge >= 0.3 is 0 Å². The maximum Gasteiger partial charge on any atom is 0.238 e. The van der Waals surface area contributed by atoms with E-state index in [0.29, 0.717) is 42.0 Å². The highest BCUT2D eigenvalue weighted by Crippen LogP contribution is 2.61. The molecule has 1 saturated heterocycles. The highest BCUT2D eigenvalue weighted by atomic mass is 35.5. The molecule has 4 unspecified atom stereocenters. The van der Waals surface area contributed by atoms with Gasteiger partial charge in [0.05, 0.1) is 16.7 Å². The predicted octanol–water partition coefficient (Wildman–Crippen LogP) is 5.06. The fraction of sp³-hybridized carbons (Fsp3) is 0.500. The van der Waals surface area contributed by atoms with E-state index < -0.39 is 34.3 Å². The fourth-order valence-corrected chi connectivity index (χ4v) is 7.53. The molecule has 4 N–H and O–H groups in total. The smallest absolute Gasteiger partial charge is 0.238 e. The summed E-state index contributed by atoms with van der Waals surface area (Å²) in [7, 11) is 0. The summed E-state index contributed by atoms with van der Waals surface area (Å²) in [4.78, 5) is 28.1. The number of benzene rings is 2. The van der Waals surface area contributed by atoms with Crippen molar-refractivity contribution in [2.24, 2.45) is 0 Å². The third kappa shape index (κ3) is 3.89. The lowest BCUT2D eigenvalue weighted by atomic mass is 9.57. The number of hydrogen-bond donors (Lipinski definition) is 4. The largest absolute Gasteiger partial charge is 0.390 e. The Morgan fingerprint density at radius 3 is 2.59 bits per heavy atom. The number of anilines is 1. The van der Waals surface area contributed by atoms with Crippen molar-refractivity contribution in [2.75, 3.05) is 5.32 Å². The Morgan fingerprint density at radius 1 is 1.22 bits per heavy atom. The Labute approximate surface area is 226 Å². The lowest BCUT2D eigenvalue weighted by molar-refractivity contribution is -0.127. The second kappa shape index (κ2) is 9.23. The summed E-state index contributed by atoms with van der Waals surface area (Å²) in [5.74, 6) is -2.15. The van der Waals surface area contributed by atoms with Gasteiger partial charge in [-0.3, -0.25) is 14.9 Å². The Morgan fingerprint density at radius 2 is 1.95 bits per heavy atom. The van der Waals surface area contributed by atoms with Crippen molar-refractivity contribution in [3.63, 3.8) is 0 Å². The second-order valence-corrected chi connectivity index (χ2v) is 11.8. The van der Waals surface area contributed by atoms with E-state index in [1.54, 1.807) is 31.2 Å². The molecule has 2 aliphatic heterocycles. The first-order chi connectivity index (χ1) is 17.5. The van der Waals surface area contributed by atoms with Gasteiger partial charge in [0.25, 0.3) is 0 Å². The molecule has 1 aliphatic carbocycles. The number of aliphatic hydroxyl groups is 1. The molecular formula is C28H32Cl2FN3O3. The third-order valence-electron chi connectivity index (χ3n) is 8.60. The van der Waals surface area contributed by atoms with Gasteiger partial charge in [0.15, 0.2) is 0 Å². The SMILES string of the molecule is CCCC1(CC)NC(C(=O)NC2CC(C)(O)C2)C(c2cccc(Cl)c2F)C12C(=O)Nc1cc(Cl)ccc12. The summed E-state index contributed by atoms with van der Waals surface area (Å²) in [6.07, 6.45) is 2.71. The van der Waals surface area contributed by atoms with E-state index in [4.69, 9.17) is 23.2 Å². The van der Waals surface area contributed by atoms with Gasteiger partial charge < -0.3 is 15.7 Å². The molecule has 2 fully saturated rings. The number of hydrogen-bond acceptors (Lipinski definition) is 4. The van der Waals surface area contributed by atoms with Gasteiger partial charge in [-0.1, -0.05) is 61.7 Å². The number of carbonyl (C=O) groups is 2. The zero-order valence-corrected chi connectivity index (χ0v) is 22.6. The number of fused-ring (bicyclic) bond motifs is 2. The van der Waals surface area contributed by atoms with Crippen LogP contribution in [0.1, 0.15) is 69.9 Å². The lowest BCUT2D eigenvalue weighted by Gasteiger charge is -2.44. The maximum atomic E-state index is 15.8. The number of nitrogens with one attached hydrogen (secondary N) is 3. The molecule has 0 bridgehead atoms. The standard InChI is InChI=1S/C28H32Cl2FN3O3/c1-4-11-27(5-2)28(18-10-9-15(29)12-20(18)33-25(28)36)21(17-7-6-8-19(30)22(17)31)23(34-27)24(35)32-16-13-26(3,37)14-16/h6-10,12,16,21,23,34,37H,4-5,11,13-14H2,1-3H3,(H,32,35)(H,33,36). The molecule has 198 valence electrons. The highest BCUT2D eigenvalue weighted by molar-refractivity contribution is 6.31. The van der Waals surface area contributed by atoms with E-state index in [-0.39, 0.29) is 28.4 Å². The molecule has 9 heteroatoms. The van der Waals surface area contributed by atoms with Crippen molar-refractivity contribution in [3.05, 3.63) is 63.4 Å². The fourth-order valence-electron chi connectivity index (χ4n) is 7.17. The first-order valence-electron chi connectivity index (χ1n) is 12.9. The molecule has 3 aliphatic rings. The monoisotopic (exact) mass is 547 g/mol. The number of amides is 2. The van der Waals surface area contributed by atoms with Gasteiger partial charge in [-0.25, -0.2) is 4.39 Å². The Kier molecular flexibility index (Phi) is 6.59. The molecule has 37 heavy (non-hydrogen) atoms. The molecule has 6 nitrogen and oxygen atoms in total. The van der Waals surface area contributed by atoms with E-state index in [1.807, 2.05) is 19.9 Å². The quantitative estimate of drug-likeness (QED) is 0.407. The van der Waals surface area contributed by atoms with Crippen LogP contribution in [0.3, 0.4) is 0 Å². The van der Waals surface area contributed by atoms with Gasteiger partial charge in [0, 0.05) is 28.2 Å². The summed E-state index contributed by atoms with van der Waals surface area (Å²) in [6, 6.07) is 8.85. The molecule has 0 radical (unpaired) electrons. The van der Waals surface area contributed by atoms with Crippen LogP contribution in [0.2, 0.25) is 10.0 Å². The molecule has 0 aromatic heterocycles. The topological polar surface area (TPSA) is 90.5 Å². The molecule has 2 amide bonds.